The van der Waals surface area contributed by atoms with Gasteiger partial charge in [-0.25, -0.2) is 4.39 Å². The summed E-state index contributed by atoms with van der Waals surface area (Å²) in [6, 6.07) is 20.8. The van der Waals surface area contributed by atoms with E-state index in [0.29, 0.717) is 22.6 Å². The van der Waals surface area contributed by atoms with E-state index < -0.39 is 5.91 Å². The Morgan fingerprint density at radius 3 is 2.63 bits per heavy atom. The van der Waals surface area contributed by atoms with E-state index in [4.69, 9.17) is 4.74 Å². The summed E-state index contributed by atoms with van der Waals surface area (Å²) in [6.45, 7) is 4.03. The second-order valence-electron chi connectivity index (χ2n) is 6.90. The van der Waals surface area contributed by atoms with Gasteiger partial charge in [0.25, 0.3) is 5.91 Å². The number of anilines is 1. The first-order chi connectivity index (χ1) is 14.5. The molecular weight excluding hydrogens is 379 g/mol. The molecule has 0 aliphatic heterocycles. The lowest BCUT2D eigenvalue weighted by atomic mass is 10.1. The second kappa shape index (κ2) is 9.53. The van der Waals surface area contributed by atoms with E-state index in [9.17, 15) is 14.4 Å². The minimum Gasteiger partial charge on any atom is -0.488 e. The minimum atomic E-state index is -0.496. The first-order valence-corrected chi connectivity index (χ1v) is 9.43. The first kappa shape index (κ1) is 20.8. The summed E-state index contributed by atoms with van der Waals surface area (Å²) in [5.74, 6) is -0.336. The fraction of sp³-hybridized carbons (Fsp3) is 0.120. The Morgan fingerprint density at radius 2 is 1.90 bits per heavy atom. The van der Waals surface area contributed by atoms with E-state index in [1.54, 1.807) is 36.4 Å². The van der Waals surface area contributed by atoms with Gasteiger partial charge in [0.2, 0.25) is 0 Å². The number of para-hydroxylation sites is 1. The highest BCUT2D eigenvalue weighted by Gasteiger charge is 2.12. The number of carbonyl (C=O) groups excluding carboxylic acids is 1. The maximum Gasteiger partial charge on any atom is 0.266 e. The van der Waals surface area contributed by atoms with Gasteiger partial charge in [-0.3, -0.25) is 4.79 Å². The molecule has 0 saturated carbocycles. The van der Waals surface area contributed by atoms with E-state index in [-0.39, 0.29) is 18.0 Å². The van der Waals surface area contributed by atoms with Gasteiger partial charge in [-0.2, -0.15) is 5.26 Å². The van der Waals surface area contributed by atoms with Crippen LogP contribution in [0.4, 0.5) is 10.1 Å². The van der Waals surface area contributed by atoms with Crippen LogP contribution in [0.2, 0.25) is 0 Å². The lowest BCUT2D eigenvalue weighted by Gasteiger charge is -2.11. The largest absolute Gasteiger partial charge is 0.488 e. The molecule has 1 amide bonds. The average Bonchev–Trinajstić information content (AvgIpc) is 2.73. The Hall–Kier alpha value is -3.91. The molecule has 30 heavy (non-hydrogen) atoms. The molecular formula is C25H21FN2O2. The lowest BCUT2D eigenvalue weighted by molar-refractivity contribution is -0.112. The van der Waals surface area contributed by atoms with Crippen LogP contribution in [0.15, 0.2) is 72.3 Å². The maximum atomic E-state index is 13.4. The molecule has 0 heterocycles. The molecule has 3 aromatic carbocycles. The molecule has 1 N–H and O–H groups in total. The zero-order chi connectivity index (χ0) is 21.5. The van der Waals surface area contributed by atoms with Crippen molar-refractivity contribution in [2.24, 2.45) is 0 Å². The highest BCUT2D eigenvalue weighted by atomic mass is 19.1. The number of hydrogen-bond donors (Lipinski definition) is 1. The van der Waals surface area contributed by atoms with Gasteiger partial charge in [0, 0.05) is 11.3 Å². The third-order valence-electron chi connectivity index (χ3n) is 4.50. The van der Waals surface area contributed by atoms with Crippen molar-refractivity contribution in [3.05, 3.63) is 100 Å². The number of hydrogen-bond acceptors (Lipinski definition) is 3. The number of carbonyl (C=O) groups is 1. The zero-order valence-corrected chi connectivity index (χ0v) is 16.8. The Bertz CT molecular complexity index is 1150. The summed E-state index contributed by atoms with van der Waals surface area (Å²) in [4.78, 5) is 12.6. The number of ether oxygens (including phenoxy) is 1. The van der Waals surface area contributed by atoms with Gasteiger partial charge in [-0.15, -0.1) is 0 Å². The van der Waals surface area contributed by atoms with Gasteiger partial charge in [-0.05, 0) is 55.3 Å². The van der Waals surface area contributed by atoms with Crippen molar-refractivity contribution in [2.45, 2.75) is 20.5 Å². The van der Waals surface area contributed by atoms with E-state index in [1.165, 1.54) is 18.2 Å². The van der Waals surface area contributed by atoms with Gasteiger partial charge in [0.1, 0.15) is 29.8 Å². The third kappa shape index (κ3) is 5.33. The predicted molar refractivity (Wildman–Crippen MR) is 115 cm³/mol. The Labute approximate surface area is 175 Å². The lowest BCUT2D eigenvalue weighted by Crippen LogP contribution is -2.14. The molecule has 3 rings (SSSR count). The van der Waals surface area contributed by atoms with Crippen molar-refractivity contribution in [3.8, 4) is 11.8 Å². The highest BCUT2D eigenvalue weighted by molar-refractivity contribution is 6.10. The van der Waals surface area contributed by atoms with Crippen LogP contribution in [0, 0.1) is 31.0 Å². The van der Waals surface area contributed by atoms with Crippen LogP contribution in [0.5, 0.6) is 5.75 Å². The van der Waals surface area contributed by atoms with Crippen molar-refractivity contribution in [1.82, 2.24) is 0 Å². The van der Waals surface area contributed by atoms with Crippen molar-refractivity contribution in [1.29, 1.82) is 5.26 Å². The van der Waals surface area contributed by atoms with Crippen LogP contribution in [-0.4, -0.2) is 5.91 Å². The molecule has 5 heteroatoms. The molecule has 0 fully saturated rings. The van der Waals surface area contributed by atoms with Crippen LogP contribution in [0.3, 0.4) is 0 Å². The molecule has 0 spiro atoms. The molecule has 0 unspecified atom stereocenters. The van der Waals surface area contributed by atoms with Gasteiger partial charge in [0.05, 0.1) is 0 Å². The monoisotopic (exact) mass is 400 g/mol. The molecule has 0 aromatic heterocycles. The smallest absolute Gasteiger partial charge is 0.266 e. The number of nitrogens with one attached hydrogen (secondary N) is 1. The Kier molecular flexibility index (Phi) is 6.61. The summed E-state index contributed by atoms with van der Waals surface area (Å²) in [5.41, 5.74) is 3.88. The number of aryl methyl sites for hydroxylation is 2. The number of benzene rings is 3. The van der Waals surface area contributed by atoms with Gasteiger partial charge in [0.15, 0.2) is 0 Å². The van der Waals surface area contributed by atoms with Crippen LogP contribution in [-0.2, 0) is 11.4 Å². The normalized spacial score (nSPS) is 10.9. The average molecular weight is 400 g/mol. The van der Waals surface area contributed by atoms with Gasteiger partial charge in [-0.1, -0.05) is 48.0 Å². The number of amides is 1. The van der Waals surface area contributed by atoms with Crippen LogP contribution in [0.1, 0.15) is 22.3 Å². The third-order valence-corrected chi connectivity index (χ3v) is 4.50. The molecule has 0 bridgehead atoms. The van der Waals surface area contributed by atoms with Crippen molar-refractivity contribution in [2.75, 3.05) is 5.32 Å². The van der Waals surface area contributed by atoms with Crippen molar-refractivity contribution < 1.29 is 13.9 Å². The molecule has 0 atom stereocenters. The summed E-state index contributed by atoms with van der Waals surface area (Å²) >= 11 is 0. The van der Waals surface area contributed by atoms with E-state index >= 15 is 0 Å². The summed E-state index contributed by atoms with van der Waals surface area (Å²) in [7, 11) is 0. The molecule has 0 saturated heterocycles. The molecule has 0 aliphatic carbocycles. The minimum absolute atomic E-state index is 0.0446. The summed E-state index contributed by atoms with van der Waals surface area (Å²) in [5, 5.41) is 12.3. The quantitative estimate of drug-likeness (QED) is 0.435. The van der Waals surface area contributed by atoms with Crippen LogP contribution in [0.25, 0.3) is 6.08 Å². The Balaban J connectivity index is 1.80. The van der Waals surface area contributed by atoms with Crippen molar-refractivity contribution >= 4 is 17.7 Å². The standard InChI is InChI=1S/C25H21FN2O2/c1-17-10-11-23(18(2)12-17)28-25(29)21(15-27)14-20-7-3-4-9-24(20)30-16-19-6-5-8-22(26)13-19/h3-14H,16H2,1-2H3,(H,28,29)/b21-14+. The number of rotatable bonds is 6. The first-order valence-electron chi connectivity index (χ1n) is 9.43. The van der Waals surface area contributed by atoms with E-state index in [0.717, 1.165) is 11.1 Å². The summed E-state index contributed by atoms with van der Waals surface area (Å²) < 4.78 is 19.2. The second-order valence-corrected chi connectivity index (χ2v) is 6.90. The fourth-order valence-electron chi connectivity index (χ4n) is 2.97. The molecule has 0 radical (unpaired) electrons. The number of halogens is 1. The molecule has 0 aliphatic rings. The number of nitriles is 1. The molecule has 3 aromatic rings. The van der Waals surface area contributed by atoms with Gasteiger partial charge >= 0.3 is 0 Å². The molecule has 150 valence electrons. The Morgan fingerprint density at radius 1 is 1.10 bits per heavy atom. The zero-order valence-electron chi connectivity index (χ0n) is 16.8. The number of nitrogens with zero attached hydrogens (tertiary/aromatic N) is 1. The van der Waals surface area contributed by atoms with Crippen LogP contribution < -0.4 is 10.1 Å². The highest BCUT2D eigenvalue weighted by Crippen LogP contribution is 2.23. The molecule has 4 nitrogen and oxygen atoms in total. The summed E-state index contributed by atoms with van der Waals surface area (Å²) in [6.07, 6.45) is 1.49. The maximum absolute atomic E-state index is 13.4. The van der Waals surface area contributed by atoms with Crippen LogP contribution >= 0.6 is 0 Å². The van der Waals surface area contributed by atoms with E-state index in [1.807, 2.05) is 38.1 Å². The predicted octanol–water partition coefficient (Wildman–Crippen LogP) is 5.57. The SMILES string of the molecule is Cc1ccc(NC(=O)/C(C#N)=C/c2ccccc2OCc2cccc(F)c2)c(C)c1. The van der Waals surface area contributed by atoms with E-state index in [2.05, 4.69) is 5.32 Å². The fourth-order valence-corrected chi connectivity index (χ4v) is 2.97. The van der Waals surface area contributed by atoms with Crippen molar-refractivity contribution in [3.63, 3.8) is 0 Å². The van der Waals surface area contributed by atoms with Gasteiger partial charge < -0.3 is 10.1 Å². The topological polar surface area (TPSA) is 62.1 Å².